The molecule has 3 aromatic rings. The zero-order valence-electron chi connectivity index (χ0n) is 14.5. The molecule has 1 N–H and O–H groups in total. The fourth-order valence-electron chi connectivity index (χ4n) is 2.26. The van der Waals surface area contributed by atoms with Crippen LogP contribution in [-0.4, -0.2) is 28.1 Å². The van der Waals surface area contributed by atoms with Gasteiger partial charge < -0.3 is 9.26 Å². The maximum absolute atomic E-state index is 12.4. The van der Waals surface area contributed by atoms with E-state index in [1.54, 1.807) is 43.4 Å². The van der Waals surface area contributed by atoms with Gasteiger partial charge in [0.15, 0.2) is 6.10 Å². The van der Waals surface area contributed by atoms with Crippen LogP contribution < -0.4 is 5.32 Å². The fraction of sp³-hybridized carbons (Fsp3) is 0.222. The van der Waals surface area contributed by atoms with E-state index in [9.17, 15) is 9.59 Å². The van der Waals surface area contributed by atoms with E-state index >= 15 is 0 Å². The molecule has 1 atom stereocenters. The van der Waals surface area contributed by atoms with Crippen molar-refractivity contribution in [3.05, 3.63) is 52.7 Å². The van der Waals surface area contributed by atoms with E-state index in [1.807, 2.05) is 17.5 Å². The van der Waals surface area contributed by atoms with Crippen LogP contribution in [0.25, 0.3) is 10.6 Å². The number of aryl methyl sites for hydroxylation is 2. The van der Waals surface area contributed by atoms with Crippen LogP contribution in [-0.2, 0) is 9.53 Å². The van der Waals surface area contributed by atoms with Crippen LogP contribution in [0.4, 0.5) is 5.88 Å². The second-order valence-electron chi connectivity index (χ2n) is 5.68. The highest BCUT2D eigenvalue weighted by Crippen LogP contribution is 2.24. The molecule has 0 saturated carbocycles. The van der Waals surface area contributed by atoms with Crippen molar-refractivity contribution in [3.63, 3.8) is 0 Å². The van der Waals surface area contributed by atoms with Crippen LogP contribution in [0.15, 0.2) is 40.2 Å². The number of aromatic nitrogens is 2. The van der Waals surface area contributed by atoms with Crippen molar-refractivity contribution >= 4 is 29.1 Å². The maximum atomic E-state index is 12.4. The van der Waals surface area contributed by atoms with Gasteiger partial charge in [0.1, 0.15) is 0 Å². The summed E-state index contributed by atoms with van der Waals surface area (Å²) in [5.74, 6) is -0.909. The molecule has 0 aliphatic carbocycles. The number of amides is 1. The summed E-state index contributed by atoms with van der Waals surface area (Å²) in [5.41, 5.74) is 2.29. The predicted octanol–water partition coefficient (Wildman–Crippen LogP) is 3.60. The van der Waals surface area contributed by atoms with Crippen molar-refractivity contribution in [2.75, 3.05) is 5.32 Å². The molecule has 0 fully saturated rings. The van der Waals surface area contributed by atoms with Gasteiger partial charge in [-0.1, -0.05) is 11.2 Å². The number of hydrogen-bond acceptors (Lipinski definition) is 7. The van der Waals surface area contributed by atoms with Crippen molar-refractivity contribution in [3.8, 4) is 10.6 Å². The van der Waals surface area contributed by atoms with E-state index in [-0.39, 0.29) is 5.88 Å². The Morgan fingerprint density at radius 1 is 1.27 bits per heavy atom. The summed E-state index contributed by atoms with van der Waals surface area (Å²) < 4.78 is 10.1. The van der Waals surface area contributed by atoms with E-state index in [4.69, 9.17) is 9.26 Å². The molecular formula is C18H17N3O4S. The van der Waals surface area contributed by atoms with Crippen LogP contribution >= 0.6 is 11.3 Å². The second kappa shape index (κ2) is 7.49. The van der Waals surface area contributed by atoms with Crippen LogP contribution in [0.1, 0.15) is 28.7 Å². The van der Waals surface area contributed by atoms with Crippen molar-refractivity contribution in [1.29, 1.82) is 0 Å². The molecule has 0 spiro atoms. The lowest BCUT2D eigenvalue weighted by atomic mass is 10.1. The summed E-state index contributed by atoms with van der Waals surface area (Å²) in [7, 11) is 0. The molecular weight excluding hydrogens is 354 g/mol. The Morgan fingerprint density at radius 2 is 2.08 bits per heavy atom. The summed E-state index contributed by atoms with van der Waals surface area (Å²) >= 11 is 1.57. The van der Waals surface area contributed by atoms with Gasteiger partial charge in [-0.05, 0) is 44.4 Å². The molecule has 0 bridgehead atoms. The first-order valence-corrected chi connectivity index (χ1v) is 8.78. The van der Waals surface area contributed by atoms with Crippen molar-refractivity contribution < 1.29 is 18.8 Å². The number of rotatable bonds is 5. The van der Waals surface area contributed by atoms with Crippen LogP contribution in [0.2, 0.25) is 0 Å². The van der Waals surface area contributed by atoms with E-state index in [2.05, 4.69) is 15.5 Å². The highest BCUT2D eigenvalue weighted by Gasteiger charge is 2.22. The molecule has 3 heterocycles. The molecule has 26 heavy (non-hydrogen) atoms. The first-order chi connectivity index (χ1) is 12.4. The van der Waals surface area contributed by atoms with Gasteiger partial charge in [0, 0.05) is 6.07 Å². The van der Waals surface area contributed by atoms with Crippen LogP contribution in [0.3, 0.4) is 0 Å². The number of pyridine rings is 1. The third kappa shape index (κ3) is 3.97. The molecule has 0 aliphatic rings. The van der Waals surface area contributed by atoms with Gasteiger partial charge in [-0.25, -0.2) is 4.79 Å². The molecule has 3 aromatic heterocycles. The third-order valence-electron chi connectivity index (χ3n) is 3.61. The largest absolute Gasteiger partial charge is 0.449 e. The highest BCUT2D eigenvalue weighted by molar-refractivity contribution is 7.13. The number of carbonyl (C=O) groups is 2. The maximum Gasteiger partial charge on any atom is 0.340 e. The normalized spacial score (nSPS) is 11.8. The lowest BCUT2D eigenvalue weighted by Gasteiger charge is -2.13. The second-order valence-corrected chi connectivity index (χ2v) is 6.62. The molecule has 1 amide bonds. The number of thiophene rings is 1. The average molecular weight is 371 g/mol. The summed E-state index contributed by atoms with van der Waals surface area (Å²) in [6, 6.07) is 8.89. The van der Waals surface area contributed by atoms with Gasteiger partial charge in [-0.3, -0.25) is 15.1 Å². The summed E-state index contributed by atoms with van der Waals surface area (Å²) in [4.78, 5) is 29.9. The molecule has 7 nitrogen and oxygen atoms in total. The van der Waals surface area contributed by atoms with Crippen molar-refractivity contribution in [2.24, 2.45) is 0 Å². The molecule has 1 unspecified atom stereocenters. The Morgan fingerprint density at radius 3 is 2.69 bits per heavy atom. The van der Waals surface area contributed by atoms with Crippen molar-refractivity contribution in [1.82, 2.24) is 10.1 Å². The van der Waals surface area contributed by atoms with Crippen molar-refractivity contribution in [2.45, 2.75) is 26.9 Å². The molecule has 8 heteroatoms. The number of anilines is 1. The Balaban J connectivity index is 1.66. The zero-order valence-corrected chi connectivity index (χ0v) is 15.3. The standard InChI is InChI=1S/C18H17N3O4S/c1-10-9-16(25-21-10)20-17(22)12(3)24-18(23)13-6-7-14(19-11(13)2)15-5-4-8-26-15/h4-9,12H,1-3H3,(H,20,22). The van der Waals surface area contributed by atoms with E-state index in [0.29, 0.717) is 17.0 Å². The molecule has 0 aliphatic heterocycles. The summed E-state index contributed by atoms with van der Waals surface area (Å²) in [5, 5.41) is 8.14. The lowest BCUT2D eigenvalue weighted by Crippen LogP contribution is -2.30. The average Bonchev–Trinajstić information content (AvgIpc) is 3.26. The minimum absolute atomic E-state index is 0.202. The lowest BCUT2D eigenvalue weighted by molar-refractivity contribution is -0.123. The molecule has 0 saturated heterocycles. The summed E-state index contributed by atoms with van der Waals surface area (Å²) in [6.07, 6.45) is -0.996. The minimum Gasteiger partial charge on any atom is -0.449 e. The first-order valence-electron chi connectivity index (χ1n) is 7.90. The smallest absolute Gasteiger partial charge is 0.340 e. The monoisotopic (exact) mass is 371 g/mol. The van der Waals surface area contributed by atoms with Gasteiger partial charge in [0.25, 0.3) is 5.91 Å². The van der Waals surface area contributed by atoms with Gasteiger partial charge in [0.05, 0.1) is 27.5 Å². The number of nitrogens with zero attached hydrogens (tertiary/aromatic N) is 2. The number of carbonyl (C=O) groups excluding carboxylic acids is 2. The number of nitrogens with one attached hydrogen (secondary N) is 1. The van der Waals surface area contributed by atoms with E-state index in [0.717, 1.165) is 10.6 Å². The SMILES string of the molecule is Cc1cc(NC(=O)C(C)OC(=O)c2ccc(-c3cccs3)nc2C)on1. The van der Waals surface area contributed by atoms with Gasteiger partial charge in [-0.2, -0.15) is 0 Å². The summed E-state index contributed by atoms with van der Waals surface area (Å²) in [6.45, 7) is 4.95. The first kappa shape index (κ1) is 17.8. The third-order valence-corrected chi connectivity index (χ3v) is 4.50. The van der Waals surface area contributed by atoms with E-state index in [1.165, 1.54) is 6.92 Å². The molecule has 3 rings (SSSR count). The number of ether oxygens (including phenoxy) is 1. The number of esters is 1. The van der Waals surface area contributed by atoms with Gasteiger partial charge in [-0.15, -0.1) is 11.3 Å². The fourth-order valence-corrected chi connectivity index (χ4v) is 2.96. The Labute approximate surface area is 154 Å². The zero-order chi connectivity index (χ0) is 18.7. The minimum atomic E-state index is -0.996. The van der Waals surface area contributed by atoms with Gasteiger partial charge >= 0.3 is 5.97 Å². The van der Waals surface area contributed by atoms with Crippen LogP contribution in [0, 0.1) is 13.8 Å². The molecule has 0 radical (unpaired) electrons. The quantitative estimate of drug-likeness (QED) is 0.689. The Hall–Kier alpha value is -3.00. The topological polar surface area (TPSA) is 94.3 Å². The Kier molecular flexibility index (Phi) is 5.13. The highest BCUT2D eigenvalue weighted by atomic mass is 32.1. The predicted molar refractivity (Wildman–Crippen MR) is 97.0 cm³/mol. The van der Waals surface area contributed by atoms with Crippen LogP contribution in [0.5, 0.6) is 0 Å². The molecule has 134 valence electrons. The van der Waals surface area contributed by atoms with Gasteiger partial charge in [0.2, 0.25) is 5.88 Å². The van der Waals surface area contributed by atoms with E-state index < -0.39 is 18.0 Å². The molecule has 0 aromatic carbocycles. The number of hydrogen-bond donors (Lipinski definition) is 1. The Bertz CT molecular complexity index is 934.